The predicted molar refractivity (Wildman–Crippen MR) is 71.4 cm³/mol. The Morgan fingerprint density at radius 2 is 1.71 bits per heavy atom. The standard InChI is InChI=1S/C16H13N/c1-3-14-10-16(7-4-12(14)2)15-8-5-13(11-17)6-9-15/h3-10H,1H2,2H3. The van der Waals surface area contributed by atoms with Gasteiger partial charge in [-0.3, -0.25) is 0 Å². The van der Waals surface area contributed by atoms with Crippen LogP contribution in [0.3, 0.4) is 0 Å². The van der Waals surface area contributed by atoms with Crippen LogP contribution in [0.2, 0.25) is 0 Å². The normalized spacial score (nSPS) is 9.65. The summed E-state index contributed by atoms with van der Waals surface area (Å²) in [4.78, 5) is 0. The van der Waals surface area contributed by atoms with Crippen LogP contribution in [0.5, 0.6) is 0 Å². The van der Waals surface area contributed by atoms with Crippen molar-refractivity contribution >= 4 is 6.08 Å². The first kappa shape index (κ1) is 11.2. The van der Waals surface area contributed by atoms with Crippen LogP contribution in [0.1, 0.15) is 16.7 Å². The van der Waals surface area contributed by atoms with E-state index in [-0.39, 0.29) is 0 Å². The molecule has 0 fully saturated rings. The second kappa shape index (κ2) is 4.67. The Morgan fingerprint density at radius 3 is 2.29 bits per heavy atom. The van der Waals surface area contributed by atoms with Crippen molar-refractivity contribution in [1.29, 1.82) is 5.26 Å². The van der Waals surface area contributed by atoms with Gasteiger partial charge >= 0.3 is 0 Å². The van der Waals surface area contributed by atoms with Gasteiger partial charge in [0.2, 0.25) is 0 Å². The summed E-state index contributed by atoms with van der Waals surface area (Å²) < 4.78 is 0. The molecule has 0 amide bonds. The molecule has 1 heteroatoms. The highest BCUT2D eigenvalue weighted by Crippen LogP contribution is 2.23. The summed E-state index contributed by atoms with van der Waals surface area (Å²) in [5.74, 6) is 0. The lowest BCUT2D eigenvalue weighted by molar-refractivity contribution is 1.44. The number of aryl methyl sites for hydroxylation is 1. The van der Waals surface area contributed by atoms with Gasteiger partial charge in [-0.25, -0.2) is 0 Å². The van der Waals surface area contributed by atoms with E-state index in [0.29, 0.717) is 5.56 Å². The maximum atomic E-state index is 8.75. The number of rotatable bonds is 2. The van der Waals surface area contributed by atoms with Crippen LogP contribution in [0, 0.1) is 18.3 Å². The molecular formula is C16H13N. The minimum absolute atomic E-state index is 0.685. The molecule has 0 bridgehead atoms. The Morgan fingerprint density at radius 1 is 1.06 bits per heavy atom. The van der Waals surface area contributed by atoms with Crippen LogP contribution in [0.15, 0.2) is 49.0 Å². The van der Waals surface area contributed by atoms with Crippen molar-refractivity contribution in [3.05, 3.63) is 65.7 Å². The zero-order chi connectivity index (χ0) is 12.3. The Hall–Kier alpha value is -2.33. The molecule has 2 aromatic carbocycles. The van der Waals surface area contributed by atoms with E-state index in [9.17, 15) is 0 Å². The van der Waals surface area contributed by atoms with Gasteiger partial charge in [0, 0.05) is 0 Å². The van der Waals surface area contributed by atoms with E-state index in [1.165, 1.54) is 5.56 Å². The topological polar surface area (TPSA) is 23.8 Å². The smallest absolute Gasteiger partial charge is 0.0991 e. The zero-order valence-electron chi connectivity index (χ0n) is 9.77. The van der Waals surface area contributed by atoms with E-state index in [4.69, 9.17) is 5.26 Å². The van der Waals surface area contributed by atoms with E-state index in [2.05, 4.69) is 37.8 Å². The van der Waals surface area contributed by atoms with Crippen molar-refractivity contribution in [3.63, 3.8) is 0 Å². The maximum Gasteiger partial charge on any atom is 0.0991 e. The highest BCUT2D eigenvalue weighted by Gasteiger charge is 2.00. The van der Waals surface area contributed by atoms with Gasteiger partial charge in [-0.15, -0.1) is 0 Å². The highest BCUT2D eigenvalue weighted by atomic mass is 14.2. The average molecular weight is 219 g/mol. The van der Waals surface area contributed by atoms with Crippen molar-refractivity contribution < 1.29 is 0 Å². The van der Waals surface area contributed by atoms with Crippen LogP contribution in [-0.4, -0.2) is 0 Å². The molecule has 17 heavy (non-hydrogen) atoms. The van der Waals surface area contributed by atoms with Crippen molar-refractivity contribution in [2.24, 2.45) is 0 Å². The molecule has 0 saturated carbocycles. The van der Waals surface area contributed by atoms with E-state index >= 15 is 0 Å². The SMILES string of the molecule is C=Cc1cc(-c2ccc(C#N)cc2)ccc1C. The monoisotopic (exact) mass is 219 g/mol. The first-order valence-corrected chi connectivity index (χ1v) is 5.48. The molecule has 0 aliphatic carbocycles. The number of hydrogen-bond acceptors (Lipinski definition) is 1. The predicted octanol–water partition coefficient (Wildman–Crippen LogP) is 4.18. The molecule has 0 aromatic heterocycles. The van der Waals surface area contributed by atoms with Gasteiger partial charge in [0.25, 0.3) is 0 Å². The van der Waals surface area contributed by atoms with Crippen LogP contribution in [0.4, 0.5) is 0 Å². The lowest BCUT2D eigenvalue weighted by Gasteiger charge is -2.06. The van der Waals surface area contributed by atoms with Gasteiger partial charge in [-0.2, -0.15) is 5.26 Å². The molecule has 2 rings (SSSR count). The number of benzene rings is 2. The van der Waals surface area contributed by atoms with E-state index in [0.717, 1.165) is 16.7 Å². The highest BCUT2D eigenvalue weighted by molar-refractivity contribution is 5.69. The Labute approximate surface area is 102 Å². The number of hydrogen-bond donors (Lipinski definition) is 0. The molecule has 0 heterocycles. The Bertz CT molecular complexity index is 586. The fourth-order valence-electron chi connectivity index (χ4n) is 1.78. The third-order valence-corrected chi connectivity index (χ3v) is 2.85. The average Bonchev–Trinajstić information content (AvgIpc) is 2.39. The van der Waals surface area contributed by atoms with E-state index in [1.54, 1.807) is 0 Å². The minimum atomic E-state index is 0.685. The van der Waals surface area contributed by atoms with Gasteiger partial charge < -0.3 is 0 Å². The van der Waals surface area contributed by atoms with Gasteiger partial charge in [-0.1, -0.05) is 36.9 Å². The van der Waals surface area contributed by atoms with Crippen molar-refractivity contribution in [2.45, 2.75) is 6.92 Å². The number of nitrogens with zero attached hydrogens (tertiary/aromatic N) is 1. The van der Waals surface area contributed by atoms with Gasteiger partial charge in [0.1, 0.15) is 0 Å². The van der Waals surface area contributed by atoms with E-state index < -0.39 is 0 Å². The maximum absolute atomic E-state index is 8.75. The van der Waals surface area contributed by atoms with E-state index in [1.807, 2.05) is 30.3 Å². The summed E-state index contributed by atoms with van der Waals surface area (Å²) in [5, 5.41) is 8.75. The molecule has 82 valence electrons. The molecule has 2 aromatic rings. The third-order valence-electron chi connectivity index (χ3n) is 2.85. The summed E-state index contributed by atoms with van der Waals surface area (Å²) in [5.41, 5.74) is 5.32. The summed E-state index contributed by atoms with van der Waals surface area (Å²) >= 11 is 0. The lowest BCUT2D eigenvalue weighted by Crippen LogP contribution is -1.84. The molecule has 0 saturated heterocycles. The molecular weight excluding hydrogens is 206 g/mol. The Kier molecular flexibility index (Phi) is 3.07. The first-order valence-electron chi connectivity index (χ1n) is 5.48. The second-order valence-corrected chi connectivity index (χ2v) is 3.96. The first-order chi connectivity index (χ1) is 8.24. The van der Waals surface area contributed by atoms with Gasteiger partial charge in [0.15, 0.2) is 0 Å². The molecule has 1 nitrogen and oxygen atoms in total. The minimum Gasteiger partial charge on any atom is -0.192 e. The van der Waals surface area contributed by atoms with Gasteiger partial charge in [0.05, 0.1) is 11.6 Å². The van der Waals surface area contributed by atoms with Gasteiger partial charge in [-0.05, 0) is 47.4 Å². The van der Waals surface area contributed by atoms with Crippen LogP contribution >= 0.6 is 0 Å². The molecule has 0 unspecified atom stereocenters. The third kappa shape index (κ3) is 2.26. The van der Waals surface area contributed by atoms with Crippen LogP contribution < -0.4 is 0 Å². The Balaban J connectivity index is 2.46. The zero-order valence-corrected chi connectivity index (χ0v) is 9.77. The van der Waals surface area contributed by atoms with Crippen LogP contribution in [0.25, 0.3) is 17.2 Å². The quantitative estimate of drug-likeness (QED) is 0.743. The molecule has 0 N–H and O–H groups in total. The van der Waals surface area contributed by atoms with Crippen molar-refractivity contribution in [2.75, 3.05) is 0 Å². The van der Waals surface area contributed by atoms with Crippen LogP contribution in [-0.2, 0) is 0 Å². The second-order valence-electron chi connectivity index (χ2n) is 3.96. The summed E-state index contributed by atoms with van der Waals surface area (Å²) in [7, 11) is 0. The molecule has 0 aliphatic heterocycles. The lowest BCUT2D eigenvalue weighted by atomic mass is 9.99. The summed E-state index contributed by atoms with van der Waals surface area (Å²) in [6.07, 6.45) is 1.86. The summed E-state index contributed by atoms with van der Waals surface area (Å²) in [6, 6.07) is 16.0. The van der Waals surface area contributed by atoms with Crippen molar-refractivity contribution in [1.82, 2.24) is 0 Å². The fraction of sp³-hybridized carbons (Fsp3) is 0.0625. The number of nitriles is 1. The molecule has 0 radical (unpaired) electrons. The molecule has 0 aliphatic rings. The summed E-state index contributed by atoms with van der Waals surface area (Å²) in [6.45, 7) is 5.88. The molecule has 0 atom stereocenters. The van der Waals surface area contributed by atoms with Crippen molar-refractivity contribution in [3.8, 4) is 17.2 Å². The largest absolute Gasteiger partial charge is 0.192 e. The molecule has 0 spiro atoms. The fourth-order valence-corrected chi connectivity index (χ4v) is 1.78.